The van der Waals surface area contributed by atoms with Gasteiger partial charge < -0.3 is 20.4 Å². The highest BCUT2D eigenvalue weighted by atomic mass is 35.5. The molecule has 2 rings (SSSR count). The van der Waals surface area contributed by atoms with Gasteiger partial charge in [-0.05, 0) is 24.3 Å². The van der Waals surface area contributed by atoms with Crippen LogP contribution < -0.4 is 5.43 Å². The number of phenolic OH excluding ortho intramolecular Hbond substituents is 4. The summed E-state index contributed by atoms with van der Waals surface area (Å²) in [6.45, 7) is 0. The van der Waals surface area contributed by atoms with Gasteiger partial charge >= 0.3 is 0 Å². The number of aromatic hydroxyl groups is 4. The van der Waals surface area contributed by atoms with E-state index in [4.69, 9.17) is 23.2 Å². The zero-order valence-corrected chi connectivity index (χ0v) is 12.8. The van der Waals surface area contributed by atoms with Crippen LogP contribution in [0.5, 0.6) is 23.0 Å². The minimum atomic E-state index is -0.767. The van der Waals surface area contributed by atoms with Crippen molar-refractivity contribution in [3.63, 3.8) is 0 Å². The summed E-state index contributed by atoms with van der Waals surface area (Å²) in [6, 6.07) is 4.55. The van der Waals surface area contributed by atoms with Gasteiger partial charge in [0.1, 0.15) is 5.75 Å². The van der Waals surface area contributed by atoms with Crippen LogP contribution in [0, 0.1) is 0 Å². The number of nitrogens with one attached hydrogen (secondary N) is 1. The van der Waals surface area contributed by atoms with Gasteiger partial charge in [0.25, 0.3) is 5.91 Å². The normalized spacial score (nSPS) is 10.9. The second kappa shape index (κ2) is 6.64. The second-order valence-electron chi connectivity index (χ2n) is 4.38. The molecule has 0 aromatic heterocycles. The first-order valence-corrected chi connectivity index (χ1v) is 6.81. The first-order valence-electron chi connectivity index (χ1n) is 6.06. The molecule has 1 amide bonds. The first-order chi connectivity index (χ1) is 10.8. The predicted octanol–water partition coefficient (Wildman–Crippen LogP) is 2.58. The maximum Gasteiger partial charge on any atom is 0.271 e. The van der Waals surface area contributed by atoms with Crippen molar-refractivity contribution in [2.45, 2.75) is 0 Å². The van der Waals surface area contributed by atoms with Crippen LogP contribution in [0.1, 0.15) is 15.9 Å². The van der Waals surface area contributed by atoms with E-state index in [0.29, 0.717) is 0 Å². The Morgan fingerprint density at radius 1 is 1.00 bits per heavy atom. The highest BCUT2D eigenvalue weighted by Gasteiger charge is 2.13. The average molecular weight is 357 g/mol. The third-order valence-corrected chi connectivity index (χ3v) is 3.30. The summed E-state index contributed by atoms with van der Waals surface area (Å²) in [7, 11) is 0. The molecule has 5 N–H and O–H groups in total. The molecule has 0 unspecified atom stereocenters. The zero-order chi connectivity index (χ0) is 17.1. The number of hydrogen-bond acceptors (Lipinski definition) is 6. The molecule has 0 fully saturated rings. The summed E-state index contributed by atoms with van der Waals surface area (Å²) >= 11 is 11.6. The highest BCUT2D eigenvalue weighted by Crippen LogP contribution is 2.35. The van der Waals surface area contributed by atoms with Crippen LogP contribution in [-0.2, 0) is 0 Å². The number of hydrazone groups is 1. The molecule has 0 heterocycles. The molecule has 0 aliphatic rings. The van der Waals surface area contributed by atoms with E-state index in [1.807, 2.05) is 0 Å². The van der Waals surface area contributed by atoms with Crippen LogP contribution >= 0.6 is 23.2 Å². The number of phenols is 4. The summed E-state index contributed by atoms with van der Waals surface area (Å²) in [5.74, 6) is -3.03. The van der Waals surface area contributed by atoms with Crippen LogP contribution in [-0.4, -0.2) is 32.5 Å². The Morgan fingerprint density at radius 2 is 1.61 bits per heavy atom. The monoisotopic (exact) mass is 356 g/mol. The molecule has 0 aliphatic heterocycles. The van der Waals surface area contributed by atoms with E-state index in [-0.39, 0.29) is 26.9 Å². The van der Waals surface area contributed by atoms with E-state index in [9.17, 15) is 25.2 Å². The Balaban J connectivity index is 2.16. The van der Waals surface area contributed by atoms with Gasteiger partial charge in [0.15, 0.2) is 17.2 Å². The number of hydrogen-bond donors (Lipinski definition) is 5. The SMILES string of the molecule is O=C(NN=Cc1c(O)cc(Cl)cc1Cl)c1cc(O)c(O)c(O)c1. The number of amides is 1. The van der Waals surface area contributed by atoms with Crippen molar-refractivity contribution in [2.24, 2.45) is 5.10 Å². The highest BCUT2D eigenvalue weighted by molar-refractivity contribution is 6.36. The topological polar surface area (TPSA) is 122 Å². The van der Waals surface area contributed by atoms with Crippen molar-refractivity contribution >= 4 is 35.3 Å². The van der Waals surface area contributed by atoms with E-state index < -0.39 is 23.2 Å². The molecule has 0 aliphatic carbocycles. The number of benzene rings is 2. The Morgan fingerprint density at radius 3 is 2.17 bits per heavy atom. The fraction of sp³-hybridized carbons (Fsp3) is 0. The number of rotatable bonds is 3. The van der Waals surface area contributed by atoms with Crippen LogP contribution in [0.4, 0.5) is 0 Å². The Kier molecular flexibility index (Phi) is 4.83. The molecule has 0 bridgehead atoms. The van der Waals surface area contributed by atoms with E-state index in [1.165, 1.54) is 12.1 Å². The summed E-state index contributed by atoms with van der Waals surface area (Å²) in [5.41, 5.74) is 2.12. The van der Waals surface area contributed by atoms with Gasteiger partial charge in [0.2, 0.25) is 0 Å². The van der Waals surface area contributed by atoms with E-state index >= 15 is 0 Å². The summed E-state index contributed by atoms with van der Waals surface area (Å²) in [6.07, 6.45) is 1.10. The minimum absolute atomic E-state index is 0.132. The third-order valence-electron chi connectivity index (χ3n) is 2.76. The zero-order valence-electron chi connectivity index (χ0n) is 11.3. The Hall–Kier alpha value is -2.64. The van der Waals surface area contributed by atoms with E-state index in [0.717, 1.165) is 18.3 Å². The van der Waals surface area contributed by atoms with Crippen molar-refractivity contribution in [2.75, 3.05) is 0 Å². The molecule has 0 atom stereocenters. The molecule has 23 heavy (non-hydrogen) atoms. The largest absolute Gasteiger partial charge is 0.507 e. The van der Waals surface area contributed by atoms with Crippen molar-refractivity contribution < 1.29 is 25.2 Å². The molecule has 9 heteroatoms. The second-order valence-corrected chi connectivity index (χ2v) is 5.23. The van der Waals surface area contributed by atoms with Crippen molar-refractivity contribution in [1.82, 2.24) is 5.43 Å². The lowest BCUT2D eigenvalue weighted by atomic mass is 10.2. The molecular formula is C14H10Cl2N2O5. The number of carbonyl (C=O) groups excluding carboxylic acids is 1. The van der Waals surface area contributed by atoms with Crippen LogP contribution in [0.2, 0.25) is 10.0 Å². The third kappa shape index (κ3) is 3.77. The number of carbonyl (C=O) groups is 1. The van der Waals surface area contributed by atoms with Gasteiger partial charge in [-0.2, -0.15) is 5.10 Å². The molecule has 0 saturated carbocycles. The average Bonchev–Trinajstić information content (AvgIpc) is 2.46. The maximum atomic E-state index is 11.8. The van der Waals surface area contributed by atoms with E-state index in [2.05, 4.69) is 10.5 Å². The molecule has 0 saturated heterocycles. The Labute approximate surface area is 140 Å². The molecule has 2 aromatic rings. The van der Waals surface area contributed by atoms with Crippen molar-refractivity contribution in [3.8, 4) is 23.0 Å². The summed E-state index contributed by atoms with van der Waals surface area (Å²) < 4.78 is 0. The van der Waals surface area contributed by atoms with Crippen LogP contribution in [0.3, 0.4) is 0 Å². The lowest BCUT2D eigenvalue weighted by Crippen LogP contribution is -2.17. The van der Waals surface area contributed by atoms with Gasteiger partial charge in [-0.1, -0.05) is 23.2 Å². The van der Waals surface area contributed by atoms with Gasteiger partial charge in [0, 0.05) is 10.6 Å². The van der Waals surface area contributed by atoms with Crippen LogP contribution in [0.25, 0.3) is 0 Å². The smallest absolute Gasteiger partial charge is 0.271 e. The molecule has 0 radical (unpaired) electrons. The van der Waals surface area contributed by atoms with Gasteiger partial charge in [-0.25, -0.2) is 5.43 Å². The molecule has 2 aromatic carbocycles. The van der Waals surface area contributed by atoms with Gasteiger partial charge in [-0.15, -0.1) is 0 Å². The van der Waals surface area contributed by atoms with Gasteiger partial charge in [-0.3, -0.25) is 4.79 Å². The van der Waals surface area contributed by atoms with Crippen molar-refractivity contribution in [1.29, 1.82) is 0 Å². The van der Waals surface area contributed by atoms with Crippen molar-refractivity contribution in [3.05, 3.63) is 45.4 Å². The summed E-state index contributed by atoms with van der Waals surface area (Å²) in [5, 5.41) is 41.6. The fourth-order valence-electron chi connectivity index (χ4n) is 1.65. The van der Waals surface area contributed by atoms with Crippen LogP contribution in [0.15, 0.2) is 29.4 Å². The number of nitrogens with zero attached hydrogens (tertiary/aromatic N) is 1. The quantitative estimate of drug-likeness (QED) is 0.328. The lowest BCUT2D eigenvalue weighted by Gasteiger charge is -2.05. The molecule has 120 valence electrons. The summed E-state index contributed by atoms with van der Waals surface area (Å²) in [4.78, 5) is 11.8. The fourth-order valence-corrected chi connectivity index (χ4v) is 2.19. The van der Waals surface area contributed by atoms with Gasteiger partial charge in [0.05, 0.1) is 16.8 Å². The predicted molar refractivity (Wildman–Crippen MR) is 84.6 cm³/mol. The maximum absolute atomic E-state index is 11.8. The standard InChI is InChI=1S/C14H10Cl2N2O5/c15-7-3-9(16)8(10(19)4-7)5-17-18-14(23)6-1-11(20)13(22)12(21)2-6/h1-5,19-22H,(H,18,23). The lowest BCUT2D eigenvalue weighted by molar-refractivity contribution is 0.0954. The molecule has 0 spiro atoms. The van der Waals surface area contributed by atoms with E-state index in [1.54, 1.807) is 0 Å². The minimum Gasteiger partial charge on any atom is -0.507 e. The molecule has 7 nitrogen and oxygen atoms in total. The number of halogens is 2. The Bertz CT molecular complexity index is 762. The molecular weight excluding hydrogens is 347 g/mol. The first kappa shape index (κ1) is 16.7.